The molecule has 0 radical (unpaired) electrons. The van der Waals surface area contributed by atoms with Crippen molar-refractivity contribution in [2.75, 3.05) is 6.54 Å². The van der Waals surface area contributed by atoms with Crippen LogP contribution in [0.1, 0.15) is 24.8 Å². The lowest BCUT2D eigenvalue weighted by Crippen LogP contribution is -2.20. The van der Waals surface area contributed by atoms with Gasteiger partial charge in [-0.05, 0) is 5.56 Å². The quantitative estimate of drug-likeness (QED) is 0.548. The van der Waals surface area contributed by atoms with Crippen LogP contribution in [0.3, 0.4) is 0 Å². The molecule has 0 N–H and O–H groups in total. The Kier molecular flexibility index (Phi) is 3.97. The Morgan fingerprint density at radius 1 is 1.40 bits per heavy atom. The van der Waals surface area contributed by atoms with Crippen LogP contribution in [0.2, 0.25) is 0 Å². The zero-order valence-corrected chi connectivity index (χ0v) is 8.55. The van der Waals surface area contributed by atoms with Crippen molar-refractivity contribution in [3.05, 3.63) is 46.0 Å². The number of benzene rings is 1. The van der Waals surface area contributed by atoms with E-state index in [1.807, 2.05) is 6.07 Å². The number of carbonyl (C=O) groups excluding carboxylic acids is 1. The first kappa shape index (κ1) is 11.4. The van der Waals surface area contributed by atoms with E-state index >= 15 is 0 Å². The molecule has 1 rings (SSSR count). The van der Waals surface area contributed by atoms with Crippen molar-refractivity contribution in [3.8, 4) is 0 Å². The minimum Gasteiger partial charge on any atom is -0.299 e. The molecule has 0 saturated heterocycles. The number of rotatable bonds is 5. The van der Waals surface area contributed by atoms with Crippen molar-refractivity contribution < 1.29 is 9.72 Å². The fraction of sp³-hybridized carbons (Fsp3) is 0.364. The van der Waals surface area contributed by atoms with Gasteiger partial charge in [0.2, 0.25) is 6.54 Å². The lowest BCUT2D eigenvalue weighted by atomic mass is 9.93. The Morgan fingerprint density at radius 2 is 2.00 bits per heavy atom. The minimum absolute atomic E-state index is 0.0853. The van der Waals surface area contributed by atoms with E-state index in [9.17, 15) is 14.9 Å². The molecule has 0 spiro atoms. The van der Waals surface area contributed by atoms with Crippen molar-refractivity contribution in [3.63, 3.8) is 0 Å². The first-order valence-corrected chi connectivity index (χ1v) is 4.84. The number of hydrogen-bond acceptors (Lipinski definition) is 3. The summed E-state index contributed by atoms with van der Waals surface area (Å²) >= 11 is 0. The standard InChI is InChI=1S/C11H13NO3/c1-2-11(13)10(8-12(14)15)9-6-4-3-5-7-9/h3-7,10H,2,8H2,1H3/t10-/m0/s1. The first-order valence-electron chi connectivity index (χ1n) is 4.84. The molecule has 0 amide bonds. The molecule has 4 nitrogen and oxygen atoms in total. The molecule has 0 aliphatic heterocycles. The maximum absolute atomic E-state index is 11.5. The maximum atomic E-state index is 11.5. The summed E-state index contributed by atoms with van der Waals surface area (Å²) in [5.41, 5.74) is 0.723. The fourth-order valence-corrected chi connectivity index (χ4v) is 1.47. The van der Waals surface area contributed by atoms with Crippen molar-refractivity contribution in [1.29, 1.82) is 0 Å². The second kappa shape index (κ2) is 5.24. The van der Waals surface area contributed by atoms with Crippen LogP contribution in [0.15, 0.2) is 30.3 Å². The predicted molar refractivity (Wildman–Crippen MR) is 56.3 cm³/mol. The second-order valence-electron chi connectivity index (χ2n) is 3.30. The summed E-state index contributed by atoms with van der Waals surface area (Å²) in [5.74, 6) is -0.691. The van der Waals surface area contributed by atoms with Crippen LogP contribution in [0.25, 0.3) is 0 Å². The molecule has 1 aromatic rings. The van der Waals surface area contributed by atoms with Gasteiger partial charge in [-0.1, -0.05) is 37.3 Å². The number of nitro groups is 1. The third-order valence-corrected chi connectivity index (χ3v) is 2.27. The smallest absolute Gasteiger partial charge is 0.217 e. The zero-order valence-electron chi connectivity index (χ0n) is 8.55. The molecule has 4 heteroatoms. The van der Waals surface area contributed by atoms with Crippen molar-refractivity contribution in [2.45, 2.75) is 19.3 Å². The lowest BCUT2D eigenvalue weighted by Gasteiger charge is -2.10. The summed E-state index contributed by atoms with van der Waals surface area (Å²) in [6.07, 6.45) is 0.327. The first-order chi connectivity index (χ1) is 7.15. The van der Waals surface area contributed by atoms with E-state index in [4.69, 9.17) is 0 Å². The highest BCUT2D eigenvalue weighted by atomic mass is 16.6. The third kappa shape index (κ3) is 3.16. The van der Waals surface area contributed by atoms with E-state index in [1.54, 1.807) is 31.2 Å². The number of carbonyl (C=O) groups is 1. The molecule has 0 aromatic heterocycles. The minimum atomic E-state index is -0.605. The van der Waals surface area contributed by atoms with Crippen molar-refractivity contribution in [1.82, 2.24) is 0 Å². The predicted octanol–water partition coefficient (Wildman–Crippen LogP) is 2.03. The summed E-state index contributed by atoms with van der Waals surface area (Å²) in [6.45, 7) is 1.40. The number of Topliss-reactive ketones (excluding diaryl/α,β-unsaturated/α-hetero) is 1. The molecular weight excluding hydrogens is 194 g/mol. The third-order valence-electron chi connectivity index (χ3n) is 2.27. The average molecular weight is 207 g/mol. The highest BCUT2D eigenvalue weighted by Gasteiger charge is 2.23. The van der Waals surface area contributed by atoms with Gasteiger partial charge in [-0.2, -0.15) is 0 Å². The summed E-state index contributed by atoms with van der Waals surface area (Å²) in [4.78, 5) is 21.6. The molecule has 0 fully saturated rings. The molecule has 0 bridgehead atoms. The van der Waals surface area contributed by atoms with Gasteiger partial charge >= 0.3 is 0 Å². The molecule has 1 aromatic carbocycles. The molecule has 1 atom stereocenters. The van der Waals surface area contributed by atoms with E-state index in [-0.39, 0.29) is 12.3 Å². The summed E-state index contributed by atoms with van der Waals surface area (Å²) in [5, 5.41) is 10.5. The Bertz CT molecular complexity index is 348. The van der Waals surface area contributed by atoms with Gasteiger partial charge in [0.05, 0.1) is 0 Å². The van der Waals surface area contributed by atoms with Gasteiger partial charge < -0.3 is 0 Å². The topological polar surface area (TPSA) is 60.2 Å². The van der Waals surface area contributed by atoms with Gasteiger partial charge in [0.25, 0.3) is 0 Å². The second-order valence-corrected chi connectivity index (χ2v) is 3.30. The molecular formula is C11H13NO3. The van der Waals surface area contributed by atoms with Gasteiger partial charge in [0.1, 0.15) is 11.7 Å². The number of nitrogens with zero attached hydrogens (tertiary/aromatic N) is 1. The number of hydrogen-bond donors (Lipinski definition) is 0. The van der Waals surface area contributed by atoms with Crippen LogP contribution in [0.5, 0.6) is 0 Å². The van der Waals surface area contributed by atoms with E-state index in [2.05, 4.69) is 0 Å². The molecule has 0 saturated carbocycles. The molecule has 0 unspecified atom stereocenters. The highest BCUT2D eigenvalue weighted by molar-refractivity contribution is 5.85. The van der Waals surface area contributed by atoms with Crippen LogP contribution < -0.4 is 0 Å². The van der Waals surface area contributed by atoms with E-state index < -0.39 is 10.8 Å². The molecule has 15 heavy (non-hydrogen) atoms. The zero-order chi connectivity index (χ0) is 11.3. The van der Waals surface area contributed by atoms with E-state index in [0.717, 1.165) is 5.56 Å². The van der Waals surface area contributed by atoms with Gasteiger partial charge in [0, 0.05) is 11.3 Å². The average Bonchev–Trinajstić information content (AvgIpc) is 2.26. The monoisotopic (exact) mass is 207 g/mol. The number of ketones is 1. The normalized spacial score (nSPS) is 12.1. The summed E-state index contributed by atoms with van der Waals surface area (Å²) in [7, 11) is 0. The fourth-order valence-electron chi connectivity index (χ4n) is 1.47. The summed E-state index contributed by atoms with van der Waals surface area (Å²) in [6, 6.07) is 8.89. The maximum Gasteiger partial charge on any atom is 0.217 e. The summed E-state index contributed by atoms with van der Waals surface area (Å²) < 4.78 is 0. The van der Waals surface area contributed by atoms with Gasteiger partial charge in [-0.3, -0.25) is 14.9 Å². The Morgan fingerprint density at radius 3 is 2.47 bits per heavy atom. The van der Waals surface area contributed by atoms with Gasteiger partial charge in [0.15, 0.2) is 0 Å². The van der Waals surface area contributed by atoms with Gasteiger partial charge in [-0.15, -0.1) is 0 Å². The van der Waals surface area contributed by atoms with Crippen LogP contribution in [-0.2, 0) is 4.79 Å². The van der Waals surface area contributed by atoms with E-state index in [1.165, 1.54) is 0 Å². The highest BCUT2D eigenvalue weighted by Crippen LogP contribution is 2.18. The van der Waals surface area contributed by atoms with Crippen LogP contribution in [0, 0.1) is 10.1 Å². The molecule has 0 heterocycles. The van der Waals surface area contributed by atoms with Gasteiger partial charge in [-0.25, -0.2) is 0 Å². The Labute approximate surface area is 88.1 Å². The molecule has 80 valence electrons. The molecule has 0 aliphatic carbocycles. The van der Waals surface area contributed by atoms with Crippen LogP contribution in [-0.4, -0.2) is 17.3 Å². The lowest BCUT2D eigenvalue weighted by molar-refractivity contribution is -0.481. The van der Waals surface area contributed by atoms with Crippen LogP contribution >= 0.6 is 0 Å². The SMILES string of the molecule is CCC(=O)[C@@H](C[N+](=O)[O-])c1ccccc1. The Balaban J connectivity index is 2.91. The molecule has 0 aliphatic rings. The largest absolute Gasteiger partial charge is 0.299 e. The van der Waals surface area contributed by atoms with Crippen LogP contribution in [0.4, 0.5) is 0 Å². The van der Waals surface area contributed by atoms with Crippen molar-refractivity contribution in [2.24, 2.45) is 0 Å². The van der Waals surface area contributed by atoms with Crippen molar-refractivity contribution >= 4 is 5.78 Å². The van der Waals surface area contributed by atoms with E-state index in [0.29, 0.717) is 6.42 Å². The Hall–Kier alpha value is -1.71.